The summed E-state index contributed by atoms with van der Waals surface area (Å²) < 4.78 is 15.9. The van der Waals surface area contributed by atoms with Crippen LogP contribution in [0.3, 0.4) is 0 Å². The van der Waals surface area contributed by atoms with E-state index in [0.29, 0.717) is 6.54 Å². The first-order chi connectivity index (χ1) is 9.19. The SMILES string of the molecule is NCc1c(-c2ccc(F)cc2)nc2ccc(Br)cn12. The van der Waals surface area contributed by atoms with Crippen LogP contribution in [0, 0.1) is 5.82 Å². The number of pyridine rings is 1. The molecule has 96 valence electrons. The summed E-state index contributed by atoms with van der Waals surface area (Å²) in [6, 6.07) is 10.1. The van der Waals surface area contributed by atoms with Gasteiger partial charge in [-0.15, -0.1) is 0 Å². The van der Waals surface area contributed by atoms with Crippen LogP contribution < -0.4 is 5.73 Å². The van der Waals surface area contributed by atoms with Crippen LogP contribution in [0.25, 0.3) is 16.9 Å². The van der Waals surface area contributed by atoms with Crippen molar-refractivity contribution in [1.82, 2.24) is 9.38 Å². The van der Waals surface area contributed by atoms with Crippen molar-refractivity contribution in [1.29, 1.82) is 0 Å². The Morgan fingerprint density at radius 1 is 1.16 bits per heavy atom. The van der Waals surface area contributed by atoms with E-state index in [1.807, 2.05) is 22.7 Å². The first kappa shape index (κ1) is 12.3. The zero-order valence-electron chi connectivity index (χ0n) is 9.98. The van der Waals surface area contributed by atoms with Gasteiger partial charge in [0.1, 0.15) is 11.5 Å². The number of halogens is 2. The summed E-state index contributed by atoms with van der Waals surface area (Å²) in [5.41, 5.74) is 9.21. The molecule has 2 N–H and O–H groups in total. The number of hydrogen-bond acceptors (Lipinski definition) is 2. The summed E-state index contributed by atoms with van der Waals surface area (Å²) >= 11 is 3.43. The minimum atomic E-state index is -0.260. The summed E-state index contributed by atoms with van der Waals surface area (Å²) in [5.74, 6) is -0.260. The van der Waals surface area contributed by atoms with Crippen molar-refractivity contribution < 1.29 is 4.39 Å². The summed E-state index contributed by atoms with van der Waals surface area (Å²) in [7, 11) is 0. The highest BCUT2D eigenvalue weighted by Gasteiger charge is 2.12. The number of nitrogens with two attached hydrogens (primary N) is 1. The third kappa shape index (κ3) is 2.15. The van der Waals surface area contributed by atoms with E-state index in [2.05, 4.69) is 20.9 Å². The smallest absolute Gasteiger partial charge is 0.137 e. The molecule has 0 saturated carbocycles. The molecule has 19 heavy (non-hydrogen) atoms. The van der Waals surface area contributed by atoms with Gasteiger partial charge in [-0.1, -0.05) is 0 Å². The highest BCUT2D eigenvalue weighted by atomic mass is 79.9. The number of imidazole rings is 1. The zero-order chi connectivity index (χ0) is 13.4. The fraction of sp³-hybridized carbons (Fsp3) is 0.0714. The highest BCUT2D eigenvalue weighted by molar-refractivity contribution is 9.10. The van der Waals surface area contributed by atoms with Gasteiger partial charge in [-0.25, -0.2) is 9.37 Å². The Bertz CT molecular complexity index is 734. The molecule has 1 aromatic carbocycles. The van der Waals surface area contributed by atoms with Gasteiger partial charge in [-0.3, -0.25) is 0 Å². The van der Waals surface area contributed by atoms with Gasteiger partial charge in [0.05, 0.1) is 11.4 Å². The van der Waals surface area contributed by atoms with Crippen LogP contribution in [0.5, 0.6) is 0 Å². The molecule has 2 aromatic heterocycles. The van der Waals surface area contributed by atoms with E-state index in [1.54, 1.807) is 12.1 Å². The van der Waals surface area contributed by atoms with E-state index in [1.165, 1.54) is 12.1 Å². The summed E-state index contributed by atoms with van der Waals surface area (Å²) in [4.78, 5) is 4.56. The van der Waals surface area contributed by atoms with E-state index in [-0.39, 0.29) is 5.82 Å². The van der Waals surface area contributed by atoms with E-state index in [0.717, 1.165) is 27.1 Å². The monoisotopic (exact) mass is 319 g/mol. The second kappa shape index (κ2) is 4.75. The Kier molecular flexibility index (Phi) is 3.08. The Morgan fingerprint density at radius 2 is 1.89 bits per heavy atom. The maximum Gasteiger partial charge on any atom is 0.137 e. The average molecular weight is 320 g/mol. The Balaban J connectivity index is 2.25. The fourth-order valence-electron chi connectivity index (χ4n) is 2.10. The van der Waals surface area contributed by atoms with Gasteiger partial charge in [0.2, 0.25) is 0 Å². The molecule has 0 aliphatic rings. The lowest BCUT2D eigenvalue weighted by Gasteiger charge is -2.02. The second-order valence-electron chi connectivity index (χ2n) is 4.19. The summed E-state index contributed by atoms with van der Waals surface area (Å²) in [6.45, 7) is 0.365. The number of aromatic nitrogens is 2. The molecule has 0 aliphatic carbocycles. The van der Waals surface area contributed by atoms with Gasteiger partial charge in [0.25, 0.3) is 0 Å². The van der Waals surface area contributed by atoms with Crippen molar-refractivity contribution in [3.8, 4) is 11.3 Å². The zero-order valence-corrected chi connectivity index (χ0v) is 11.6. The van der Waals surface area contributed by atoms with Crippen LogP contribution >= 0.6 is 15.9 Å². The molecule has 0 radical (unpaired) electrons. The van der Waals surface area contributed by atoms with Crippen molar-refractivity contribution >= 4 is 21.6 Å². The minimum absolute atomic E-state index is 0.260. The van der Waals surface area contributed by atoms with E-state index >= 15 is 0 Å². The normalized spacial score (nSPS) is 11.1. The fourth-order valence-corrected chi connectivity index (χ4v) is 2.44. The van der Waals surface area contributed by atoms with Crippen LogP contribution in [0.4, 0.5) is 4.39 Å². The molecule has 0 fully saturated rings. The van der Waals surface area contributed by atoms with Crippen molar-refractivity contribution in [3.63, 3.8) is 0 Å². The molecule has 3 aromatic rings. The standard InChI is InChI=1S/C14H11BrFN3/c15-10-3-6-13-18-14(12(7-17)19(13)8-10)9-1-4-11(16)5-2-9/h1-6,8H,7,17H2. The van der Waals surface area contributed by atoms with Crippen molar-refractivity contribution in [3.05, 3.63) is 58.6 Å². The average Bonchev–Trinajstić information content (AvgIpc) is 2.77. The molecule has 5 heteroatoms. The van der Waals surface area contributed by atoms with Gasteiger partial charge in [-0.2, -0.15) is 0 Å². The van der Waals surface area contributed by atoms with Crippen LogP contribution in [0.15, 0.2) is 47.1 Å². The maximum atomic E-state index is 13.0. The Hall–Kier alpha value is -1.72. The van der Waals surface area contributed by atoms with Crippen LogP contribution in [-0.2, 0) is 6.54 Å². The summed E-state index contributed by atoms with van der Waals surface area (Å²) in [6.07, 6.45) is 1.93. The van der Waals surface area contributed by atoms with Gasteiger partial charge in [0.15, 0.2) is 0 Å². The van der Waals surface area contributed by atoms with Crippen molar-refractivity contribution in [2.75, 3.05) is 0 Å². The second-order valence-corrected chi connectivity index (χ2v) is 5.11. The molecule has 0 spiro atoms. The maximum absolute atomic E-state index is 13.0. The first-order valence-electron chi connectivity index (χ1n) is 5.81. The van der Waals surface area contributed by atoms with Gasteiger partial charge in [-0.05, 0) is 52.3 Å². The predicted molar refractivity (Wildman–Crippen MR) is 76.2 cm³/mol. The third-order valence-corrected chi connectivity index (χ3v) is 3.46. The lowest BCUT2D eigenvalue weighted by molar-refractivity contribution is 0.628. The lowest BCUT2D eigenvalue weighted by atomic mass is 10.1. The molecular formula is C14H11BrFN3. The summed E-state index contributed by atoms with van der Waals surface area (Å²) in [5, 5.41) is 0. The van der Waals surface area contributed by atoms with Crippen LogP contribution in [0.1, 0.15) is 5.69 Å². The van der Waals surface area contributed by atoms with Gasteiger partial charge in [0, 0.05) is 22.8 Å². The number of nitrogens with zero attached hydrogens (tertiary/aromatic N) is 2. The van der Waals surface area contributed by atoms with E-state index in [4.69, 9.17) is 5.73 Å². The largest absolute Gasteiger partial charge is 0.325 e. The molecule has 0 amide bonds. The van der Waals surface area contributed by atoms with Crippen molar-refractivity contribution in [2.24, 2.45) is 5.73 Å². The van der Waals surface area contributed by atoms with Crippen molar-refractivity contribution in [2.45, 2.75) is 6.54 Å². The highest BCUT2D eigenvalue weighted by Crippen LogP contribution is 2.25. The molecule has 0 saturated heterocycles. The first-order valence-corrected chi connectivity index (χ1v) is 6.61. The Labute approximate surface area is 118 Å². The molecule has 0 bridgehead atoms. The predicted octanol–water partition coefficient (Wildman–Crippen LogP) is 3.36. The minimum Gasteiger partial charge on any atom is -0.325 e. The molecule has 3 nitrogen and oxygen atoms in total. The van der Waals surface area contributed by atoms with Crippen LogP contribution in [0.2, 0.25) is 0 Å². The number of hydrogen-bond donors (Lipinski definition) is 1. The topological polar surface area (TPSA) is 43.3 Å². The molecular weight excluding hydrogens is 309 g/mol. The molecule has 0 aliphatic heterocycles. The molecule has 3 rings (SSSR count). The Morgan fingerprint density at radius 3 is 2.58 bits per heavy atom. The van der Waals surface area contributed by atoms with E-state index in [9.17, 15) is 4.39 Å². The lowest BCUT2D eigenvalue weighted by Crippen LogP contribution is -2.02. The molecule has 0 atom stereocenters. The number of fused-ring (bicyclic) bond motifs is 1. The molecule has 2 heterocycles. The quantitative estimate of drug-likeness (QED) is 0.787. The van der Waals surface area contributed by atoms with Gasteiger partial charge >= 0.3 is 0 Å². The third-order valence-electron chi connectivity index (χ3n) is 2.99. The number of benzene rings is 1. The van der Waals surface area contributed by atoms with Gasteiger partial charge < -0.3 is 10.1 Å². The van der Waals surface area contributed by atoms with Crippen LogP contribution in [-0.4, -0.2) is 9.38 Å². The molecule has 0 unspecified atom stereocenters. The van der Waals surface area contributed by atoms with E-state index < -0.39 is 0 Å². The number of rotatable bonds is 2.